The summed E-state index contributed by atoms with van der Waals surface area (Å²) < 4.78 is 10.7. The maximum Gasteiger partial charge on any atom is 0.306 e. The van der Waals surface area contributed by atoms with Crippen LogP contribution in [0.25, 0.3) is 0 Å². The SMILES string of the molecule is CC/C=C\C/C=C\C/C=C\C/C=C\C/C=C\C/C=C\C/C=C\C/C=C\CCCCCCCCCCCCCCCCC(=O)OC(CO)COC(=O)CCCCCCCCCC/C=C\C/C=C\C/C=C\C/C=C\C/C=C\C/C=C\CC. The lowest BCUT2D eigenvalue weighted by Crippen LogP contribution is -2.28. The van der Waals surface area contributed by atoms with Gasteiger partial charge < -0.3 is 14.6 Å². The van der Waals surface area contributed by atoms with Gasteiger partial charge >= 0.3 is 11.9 Å². The Morgan fingerprint density at radius 3 is 0.750 bits per heavy atom. The van der Waals surface area contributed by atoms with Crippen molar-refractivity contribution >= 4 is 11.9 Å². The smallest absolute Gasteiger partial charge is 0.306 e. The molecule has 0 amide bonds. The molecule has 0 aromatic carbocycles. The molecule has 0 aromatic rings. The van der Waals surface area contributed by atoms with Crippen LogP contribution < -0.4 is 0 Å². The number of esters is 2. The van der Waals surface area contributed by atoms with Crippen molar-refractivity contribution < 1.29 is 24.2 Å². The van der Waals surface area contributed by atoms with Gasteiger partial charge in [0.05, 0.1) is 6.61 Å². The largest absolute Gasteiger partial charge is 0.462 e. The predicted octanol–water partition coefficient (Wildman–Crippen LogP) is 22.9. The lowest BCUT2D eigenvalue weighted by Gasteiger charge is -2.15. The number of hydrogen-bond donors (Lipinski definition) is 1. The number of ether oxygens (including phenoxy) is 2. The molecular formula is C75H120O5. The Labute approximate surface area is 493 Å². The third-order valence-corrected chi connectivity index (χ3v) is 13.5. The monoisotopic (exact) mass is 1100 g/mol. The highest BCUT2D eigenvalue weighted by Crippen LogP contribution is 2.16. The van der Waals surface area contributed by atoms with Crippen molar-refractivity contribution in [3.8, 4) is 0 Å². The molecule has 0 rings (SSSR count). The number of carbonyl (C=O) groups excluding carboxylic acids is 2. The van der Waals surface area contributed by atoms with Gasteiger partial charge in [-0.1, -0.05) is 300 Å². The van der Waals surface area contributed by atoms with E-state index in [1.807, 2.05) is 0 Å². The van der Waals surface area contributed by atoms with Gasteiger partial charge in [0, 0.05) is 12.8 Å². The van der Waals surface area contributed by atoms with E-state index >= 15 is 0 Å². The first-order chi connectivity index (χ1) is 39.6. The van der Waals surface area contributed by atoms with Gasteiger partial charge in [-0.2, -0.15) is 0 Å². The summed E-state index contributed by atoms with van der Waals surface area (Å²) in [4.78, 5) is 24.6. The number of allylic oxidation sites excluding steroid dienone is 28. The van der Waals surface area contributed by atoms with Gasteiger partial charge in [0.25, 0.3) is 0 Å². The van der Waals surface area contributed by atoms with Crippen LogP contribution in [0.15, 0.2) is 170 Å². The van der Waals surface area contributed by atoms with E-state index in [-0.39, 0.29) is 25.2 Å². The van der Waals surface area contributed by atoms with Gasteiger partial charge in [0.15, 0.2) is 6.10 Å². The number of rotatable bonds is 58. The van der Waals surface area contributed by atoms with Crippen LogP contribution in [0.3, 0.4) is 0 Å². The predicted molar refractivity (Wildman–Crippen MR) is 352 cm³/mol. The van der Waals surface area contributed by atoms with Gasteiger partial charge in [-0.25, -0.2) is 0 Å². The Morgan fingerprint density at radius 2 is 0.500 bits per heavy atom. The fourth-order valence-corrected chi connectivity index (χ4v) is 8.69. The van der Waals surface area contributed by atoms with Gasteiger partial charge in [-0.15, -0.1) is 0 Å². The van der Waals surface area contributed by atoms with Crippen molar-refractivity contribution in [1.82, 2.24) is 0 Å². The van der Waals surface area contributed by atoms with Crippen LogP contribution in [0.4, 0.5) is 0 Å². The summed E-state index contributed by atoms with van der Waals surface area (Å²) >= 11 is 0. The zero-order valence-electron chi connectivity index (χ0n) is 51.5. The minimum atomic E-state index is -0.789. The Kier molecular flexibility index (Phi) is 64.5. The van der Waals surface area contributed by atoms with Crippen LogP contribution in [-0.2, 0) is 19.1 Å². The van der Waals surface area contributed by atoms with E-state index in [4.69, 9.17) is 9.47 Å². The van der Waals surface area contributed by atoms with Crippen molar-refractivity contribution in [1.29, 1.82) is 0 Å². The fourth-order valence-electron chi connectivity index (χ4n) is 8.69. The number of carbonyl (C=O) groups is 2. The zero-order chi connectivity index (χ0) is 57.6. The second-order valence-corrected chi connectivity index (χ2v) is 21.1. The van der Waals surface area contributed by atoms with Gasteiger partial charge in [0.1, 0.15) is 6.61 Å². The lowest BCUT2D eigenvalue weighted by atomic mass is 10.0. The van der Waals surface area contributed by atoms with E-state index < -0.39 is 6.10 Å². The first-order valence-electron chi connectivity index (χ1n) is 32.7. The molecule has 0 radical (unpaired) electrons. The molecule has 0 aromatic heterocycles. The van der Waals surface area contributed by atoms with Crippen molar-refractivity contribution in [3.63, 3.8) is 0 Å². The average Bonchev–Trinajstić information content (AvgIpc) is 3.46. The highest BCUT2D eigenvalue weighted by atomic mass is 16.6. The van der Waals surface area contributed by atoms with Crippen LogP contribution in [0.1, 0.15) is 271 Å². The van der Waals surface area contributed by atoms with Crippen LogP contribution in [0.5, 0.6) is 0 Å². The Bertz CT molecular complexity index is 1770. The highest BCUT2D eigenvalue weighted by molar-refractivity contribution is 5.70. The van der Waals surface area contributed by atoms with Gasteiger partial charge in [-0.05, 0) is 128 Å². The zero-order valence-corrected chi connectivity index (χ0v) is 51.5. The quantitative estimate of drug-likeness (QED) is 0.0373. The van der Waals surface area contributed by atoms with Crippen LogP contribution >= 0.6 is 0 Å². The average molecular weight is 1100 g/mol. The van der Waals surface area contributed by atoms with Gasteiger partial charge in [0.2, 0.25) is 0 Å². The summed E-state index contributed by atoms with van der Waals surface area (Å²) in [5.74, 6) is -0.606. The summed E-state index contributed by atoms with van der Waals surface area (Å²) in [5.41, 5.74) is 0. The van der Waals surface area contributed by atoms with Crippen LogP contribution in [-0.4, -0.2) is 36.4 Å². The number of aliphatic hydroxyl groups excluding tert-OH is 1. The molecule has 0 aliphatic heterocycles. The topological polar surface area (TPSA) is 72.8 Å². The molecule has 1 unspecified atom stereocenters. The standard InChI is InChI=1S/C75H120O5/c1-3-5-7-9-11-13-15-17-19-21-23-25-27-29-31-32-33-34-35-36-37-38-39-40-41-42-44-46-48-50-52-54-56-58-60-62-64-66-68-70-75(78)80-73(71-76)72-79-74(77)69-67-65-63-61-59-57-55-53-51-49-47-45-43-30-28-26-24-22-20-18-16-14-12-10-8-6-4-2/h5-8,11-14,17-20,23-26,29-31,33-34,36-37,39-40,43,47,49,73,76H,3-4,9-10,15-16,21-22,27-28,32,35,38,41-42,44-46,48,50-72H2,1-2H3/b7-5-,8-6-,13-11-,14-12-,19-17-,20-18-,25-23-,26-24-,31-29-,34-33-,37-36-,40-39-,43-30-,49-47-. The van der Waals surface area contributed by atoms with Crippen molar-refractivity contribution in [2.75, 3.05) is 13.2 Å². The summed E-state index contributed by atoms with van der Waals surface area (Å²) in [6, 6.07) is 0. The summed E-state index contributed by atoms with van der Waals surface area (Å²) in [6.45, 7) is 3.91. The fraction of sp³-hybridized carbons (Fsp3) is 0.600. The molecule has 0 aliphatic carbocycles. The second-order valence-electron chi connectivity index (χ2n) is 21.1. The molecule has 0 saturated carbocycles. The second kappa shape index (κ2) is 68.5. The van der Waals surface area contributed by atoms with Gasteiger partial charge in [-0.3, -0.25) is 9.59 Å². The van der Waals surface area contributed by atoms with Crippen molar-refractivity contribution in [2.24, 2.45) is 0 Å². The summed E-state index contributed by atoms with van der Waals surface area (Å²) in [6.07, 6.45) is 106. The van der Waals surface area contributed by atoms with E-state index in [1.165, 1.54) is 109 Å². The third kappa shape index (κ3) is 65.8. The highest BCUT2D eigenvalue weighted by Gasteiger charge is 2.16. The molecule has 0 heterocycles. The molecule has 0 aliphatic rings. The van der Waals surface area contributed by atoms with Crippen molar-refractivity contribution in [2.45, 2.75) is 277 Å². The molecule has 5 nitrogen and oxygen atoms in total. The van der Waals surface area contributed by atoms with E-state index in [1.54, 1.807) is 0 Å². The Morgan fingerprint density at radius 1 is 0.287 bits per heavy atom. The summed E-state index contributed by atoms with van der Waals surface area (Å²) in [5, 5.41) is 9.69. The Hall–Kier alpha value is -4.74. The van der Waals surface area contributed by atoms with E-state index in [0.717, 1.165) is 135 Å². The normalized spacial score (nSPS) is 13.4. The first-order valence-corrected chi connectivity index (χ1v) is 32.7. The molecule has 0 spiro atoms. The van der Waals surface area contributed by atoms with Crippen molar-refractivity contribution in [3.05, 3.63) is 170 Å². The molecular weight excluding hydrogens is 981 g/mol. The molecule has 0 bridgehead atoms. The van der Waals surface area contributed by atoms with Crippen LogP contribution in [0.2, 0.25) is 0 Å². The Balaban J connectivity index is 3.55. The minimum absolute atomic E-state index is 0.0791. The molecule has 450 valence electrons. The summed E-state index contributed by atoms with van der Waals surface area (Å²) in [7, 11) is 0. The molecule has 1 N–H and O–H groups in total. The molecule has 0 fully saturated rings. The van der Waals surface area contributed by atoms with E-state index in [9.17, 15) is 14.7 Å². The van der Waals surface area contributed by atoms with E-state index in [0.29, 0.717) is 12.8 Å². The maximum absolute atomic E-state index is 12.4. The minimum Gasteiger partial charge on any atom is -0.462 e. The number of aliphatic hydroxyl groups is 1. The molecule has 5 heteroatoms. The van der Waals surface area contributed by atoms with E-state index in [2.05, 4.69) is 184 Å². The van der Waals surface area contributed by atoms with Crippen LogP contribution in [0, 0.1) is 0 Å². The lowest BCUT2D eigenvalue weighted by molar-refractivity contribution is -0.161. The molecule has 1 atom stereocenters. The number of unbranched alkanes of at least 4 members (excludes halogenated alkanes) is 22. The maximum atomic E-state index is 12.4. The number of hydrogen-bond acceptors (Lipinski definition) is 5. The molecule has 0 saturated heterocycles. The molecule has 80 heavy (non-hydrogen) atoms. The third-order valence-electron chi connectivity index (χ3n) is 13.5. The first kappa shape index (κ1) is 75.3.